The Morgan fingerprint density at radius 1 is 1.00 bits per heavy atom. The molecular formula is C20H20F3NO3. The highest BCUT2D eigenvalue weighted by molar-refractivity contribution is 5.79. The van der Waals surface area contributed by atoms with E-state index in [1.807, 2.05) is 31.2 Å². The molecule has 2 aromatic rings. The van der Waals surface area contributed by atoms with E-state index in [9.17, 15) is 22.8 Å². The number of hydrogen-bond donors (Lipinski definition) is 2. The summed E-state index contributed by atoms with van der Waals surface area (Å²) in [6.45, 7) is 1.93. The number of benzene rings is 2. The molecule has 0 radical (unpaired) electrons. The Labute approximate surface area is 155 Å². The fourth-order valence-corrected chi connectivity index (χ4v) is 2.67. The minimum atomic E-state index is -4.43. The highest BCUT2D eigenvalue weighted by Crippen LogP contribution is 2.29. The number of amides is 1. The van der Waals surface area contributed by atoms with Gasteiger partial charge in [-0.25, -0.2) is 0 Å². The predicted molar refractivity (Wildman–Crippen MR) is 94.2 cm³/mol. The van der Waals surface area contributed by atoms with E-state index < -0.39 is 23.8 Å². The van der Waals surface area contributed by atoms with Gasteiger partial charge in [-0.15, -0.1) is 0 Å². The summed E-state index contributed by atoms with van der Waals surface area (Å²) in [5, 5.41) is 11.7. The third kappa shape index (κ3) is 6.77. The molecule has 7 heteroatoms. The monoisotopic (exact) mass is 379 g/mol. The van der Waals surface area contributed by atoms with Gasteiger partial charge in [0.1, 0.15) is 0 Å². The Balaban J connectivity index is 2.02. The van der Waals surface area contributed by atoms with Gasteiger partial charge >= 0.3 is 12.1 Å². The van der Waals surface area contributed by atoms with Gasteiger partial charge in [0.25, 0.3) is 0 Å². The lowest BCUT2D eigenvalue weighted by molar-refractivity contribution is -0.138. The summed E-state index contributed by atoms with van der Waals surface area (Å²) in [7, 11) is 0. The summed E-state index contributed by atoms with van der Waals surface area (Å²) in [5.41, 5.74) is 1.60. The second-order valence-corrected chi connectivity index (χ2v) is 6.42. The van der Waals surface area contributed by atoms with Gasteiger partial charge in [0.05, 0.1) is 18.4 Å². The number of aliphatic carboxylic acids is 1. The summed E-state index contributed by atoms with van der Waals surface area (Å²) >= 11 is 0. The maximum atomic E-state index is 12.6. The molecule has 0 aliphatic rings. The lowest BCUT2D eigenvalue weighted by Crippen LogP contribution is -2.39. The first kappa shape index (κ1) is 20.5. The van der Waals surface area contributed by atoms with Crippen molar-refractivity contribution in [3.8, 4) is 0 Å². The molecule has 1 atom stereocenters. The van der Waals surface area contributed by atoms with Crippen LogP contribution in [0, 0.1) is 6.92 Å². The number of carbonyl (C=O) groups excluding carboxylic acids is 1. The molecule has 4 nitrogen and oxygen atoms in total. The third-order valence-corrected chi connectivity index (χ3v) is 4.03. The van der Waals surface area contributed by atoms with E-state index in [-0.39, 0.29) is 25.2 Å². The average molecular weight is 379 g/mol. The van der Waals surface area contributed by atoms with Gasteiger partial charge < -0.3 is 10.4 Å². The van der Waals surface area contributed by atoms with Crippen LogP contribution in [0.25, 0.3) is 0 Å². The Hall–Kier alpha value is -2.83. The molecule has 27 heavy (non-hydrogen) atoms. The number of rotatable bonds is 7. The molecular weight excluding hydrogens is 359 g/mol. The quantitative estimate of drug-likeness (QED) is 0.770. The zero-order valence-electron chi connectivity index (χ0n) is 14.7. The van der Waals surface area contributed by atoms with Crippen molar-refractivity contribution in [3.63, 3.8) is 0 Å². The molecule has 0 fully saturated rings. The van der Waals surface area contributed by atoms with Crippen LogP contribution in [0.4, 0.5) is 13.2 Å². The second-order valence-electron chi connectivity index (χ2n) is 6.42. The smallest absolute Gasteiger partial charge is 0.416 e. The minimum Gasteiger partial charge on any atom is -0.481 e. The van der Waals surface area contributed by atoms with E-state index in [0.29, 0.717) is 5.56 Å². The fraction of sp³-hybridized carbons (Fsp3) is 0.300. The molecule has 144 valence electrons. The van der Waals surface area contributed by atoms with E-state index in [1.54, 1.807) is 0 Å². The van der Waals surface area contributed by atoms with Crippen molar-refractivity contribution in [3.05, 3.63) is 70.8 Å². The lowest BCUT2D eigenvalue weighted by atomic mass is 10.0. The summed E-state index contributed by atoms with van der Waals surface area (Å²) in [5.74, 6) is -1.43. The minimum absolute atomic E-state index is 0.101. The molecule has 2 rings (SSSR count). The van der Waals surface area contributed by atoms with E-state index in [1.165, 1.54) is 12.1 Å². The van der Waals surface area contributed by atoms with Gasteiger partial charge in [0.15, 0.2) is 0 Å². The zero-order valence-corrected chi connectivity index (χ0v) is 14.7. The standard InChI is InChI=1S/C20H20F3NO3/c1-13-2-4-15(5-3-13)11-18(25)24-17(12-19(26)27)10-14-6-8-16(9-7-14)20(21,22)23/h2-9,17H,10-12H2,1H3,(H,24,25)(H,26,27). The number of aryl methyl sites for hydroxylation is 1. The van der Waals surface area contributed by atoms with Crippen LogP contribution in [0.2, 0.25) is 0 Å². The van der Waals surface area contributed by atoms with Crippen LogP contribution in [-0.4, -0.2) is 23.0 Å². The largest absolute Gasteiger partial charge is 0.481 e. The Morgan fingerprint density at radius 2 is 1.56 bits per heavy atom. The second kappa shape index (κ2) is 8.70. The molecule has 1 unspecified atom stereocenters. The number of hydrogen-bond acceptors (Lipinski definition) is 2. The van der Waals surface area contributed by atoms with Gasteiger partial charge in [0, 0.05) is 6.04 Å². The van der Waals surface area contributed by atoms with Crippen LogP contribution in [0.3, 0.4) is 0 Å². The van der Waals surface area contributed by atoms with Gasteiger partial charge in [-0.2, -0.15) is 13.2 Å². The van der Waals surface area contributed by atoms with Crippen LogP contribution in [0.1, 0.15) is 28.7 Å². The van der Waals surface area contributed by atoms with Crippen molar-refractivity contribution in [1.29, 1.82) is 0 Å². The normalized spacial score (nSPS) is 12.4. The SMILES string of the molecule is Cc1ccc(CC(=O)NC(CC(=O)O)Cc2ccc(C(F)(F)F)cc2)cc1. The molecule has 0 heterocycles. The molecule has 1 amide bonds. The molecule has 2 aromatic carbocycles. The van der Waals surface area contributed by atoms with Crippen molar-refractivity contribution in [2.45, 2.75) is 38.4 Å². The maximum Gasteiger partial charge on any atom is 0.416 e. The van der Waals surface area contributed by atoms with E-state index in [2.05, 4.69) is 5.32 Å². The molecule has 0 saturated carbocycles. The van der Waals surface area contributed by atoms with Crippen LogP contribution in [0.5, 0.6) is 0 Å². The first-order valence-corrected chi connectivity index (χ1v) is 8.36. The van der Waals surface area contributed by atoms with E-state index >= 15 is 0 Å². The molecule has 0 aliphatic heterocycles. The summed E-state index contributed by atoms with van der Waals surface area (Å²) in [4.78, 5) is 23.3. The van der Waals surface area contributed by atoms with Gasteiger partial charge in [0.2, 0.25) is 5.91 Å². The Morgan fingerprint density at radius 3 is 2.07 bits per heavy atom. The highest BCUT2D eigenvalue weighted by atomic mass is 19.4. The third-order valence-electron chi connectivity index (χ3n) is 4.03. The number of nitrogens with one attached hydrogen (secondary N) is 1. The van der Waals surface area contributed by atoms with Crippen molar-refractivity contribution in [2.75, 3.05) is 0 Å². The Kier molecular flexibility index (Phi) is 6.60. The first-order chi connectivity index (χ1) is 12.6. The highest BCUT2D eigenvalue weighted by Gasteiger charge is 2.30. The molecule has 0 spiro atoms. The summed E-state index contributed by atoms with van der Waals surface area (Å²) < 4.78 is 37.9. The van der Waals surface area contributed by atoms with Gasteiger partial charge in [-0.05, 0) is 36.6 Å². The maximum absolute atomic E-state index is 12.6. The number of carboxylic acid groups (broad SMARTS) is 1. The van der Waals surface area contributed by atoms with Crippen molar-refractivity contribution in [2.24, 2.45) is 0 Å². The molecule has 0 saturated heterocycles. The van der Waals surface area contributed by atoms with Crippen LogP contribution < -0.4 is 5.32 Å². The van der Waals surface area contributed by atoms with E-state index in [4.69, 9.17) is 5.11 Å². The number of carboxylic acids is 1. The number of alkyl halides is 3. The van der Waals surface area contributed by atoms with Crippen LogP contribution in [0.15, 0.2) is 48.5 Å². The molecule has 0 bridgehead atoms. The van der Waals surface area contributed by atoms with Crippen molar-refractivity contribution >= 4 is 11.9 Å². The van der Waals surface area contributed by atoms with E-state index in [0.717, 1.165) is 23.3 Å². The number of halogens is 3. The van der Waals surface area contributed by atoms with Crippen LogP contribution >= 0.6 is 0 Å². The van der Waals surface area contributed by atoms with Gasteiger partial charge in [-0.3, -0.25) is 9.59 Å². The Bertz CT molecular complexity index is 784. The fourth-order valence-electron chi connectivity index (χ4n) is 2.67. The van der Waals surface area contributed by atoms with Crippen molar-refractivity contribution in [1.82, 2.24) is 5.32 Å². The zero-order chi connectivity index (χ0) is 20.0. The topological polar surface area (TPSA) is 66.4 Å². The first-order valence-electron chi connectivity index (χ1n) is 8.36. The summed E-state index contributed by atoms with van der Waals surface area (Å²) in [6.07, 6.45) is -4.52. The number of carbonyl (C=O) groups is 2. The molecule has 0 aromatic heterocycles. The van der Waals surface area contributed by atoms with Crippen LogP contribution in [-0.2, 0) is 28.6 Å². The average Bonchev–Trinajstić information content (AvgIpc) is 2.56. The summed E-state index contributed by atoms with van der Waals surface area (Å²) in [6, 6.07) is 11.2. The molecule has 0 aliphatic carbocycles. The molecule has 2 N–H and O–H groups in total. The lowest BCUT2D eigenvalue weighted by Gasteiger charge is -2.18. The predicted octanol–water partition coefficient (Wildman–Crippen LogP) is 3.76. The van der Waals surface area contributed by atoms with Gasteiger partial charge in [-0.1, -0.05) is 42.0 Å². The van der Waals surface area contributed by atoms with Crippen molar-refractivity contribution < 1.29 is 27.9 Å².